The molecule has 1 aromatic rings. The Kier molecular flexibility index (Phi) is 5.08. The van der Waals surface area contributed by atoms with Gasteiger partial charge < -0.3 is 11.1 Å². The van der Waals surface area contributed by atoms with Crippen LogP contribution < -0.4 is 11.1 Å². The molecular formula is C12H18BrN3O. The molecular weight excluding hydrogens is 282 g/mol. The number of aromatic nitrogens is 1. The number of halogens is 1. The Bertz CT molecular complexity index is 407. The summed E-state index contributed by atoms with van der Waals surface area (Å²) in [7, 11) is 0. The molecule has 5 heteroatoms. The van der Waals surface area contributed by atoms with Gasteiger partial charge in [0.2, 0.25) is 5.91 Å². The topological polar surface area (TPSA) is 68.0 Å². The van der Waals surface area contributed by atoms with Crippen molar-refractivity contribution < 1.29 is 4.79 Å². The Balaban J connectivity index is 2.64. The number of carbonyl (C=O) groups is 1. The first-order chi connectivity index (χ1) is 7.90. The molecule has 1 rings (SSSR count). The fraction of sp³-hybridized carbons (Fsp3) is 0.500. The van der Waals surface area contributed by atoms with E-state index in [2.05, 4.69) is 26.2 Å². The molecule has 0 aliphatic carbocycles. The molecule has 1 unspecified atom stereocenters. The van der Waals surface area contributed by atoms with Crippen molar-refractivity contribution in [2.75, 3.05) is 5.32 Å². The van der Waals surface area contributed by atoms with E-state index in [0.29, 0.717) is 18.0 Å². The highest BCUT2D eigenvalue weighted by atomic mass is 79.9. The summed E-state index contributed by atoms with van der Waals surface area (Å²) in [6, 6.07) is 1.39. The second kappa shape index (κ2) is 6.12. The zero-order valence-electron chi connectivity index (χ0n) is 10.3. The molecule has 0 aliphatic rings. The SMILES string of the molecule is Cc1cc(NC(=O)C(N)CC(C)C)cnc1Br. The minimum atomic E-state index is -0.473. The van der Waals surface area contributed by atoms with Crippen LogP contribution in [0.2, 0.25) is 0 Å². The van der Waals surface area contributed by atoms with Gasteiger partial charge in [-0.3, -0.25) is 4.79 Å². The number of anilines is 1. The molecule has 0 saturated carbocycles. The summed E-state index contributed by atoms with van der Waals surface area (Å²) in [5, 5.41) is 2.77. The number of rotatable bonds is 4. The summed E-state index contributed by atoms with van der Waals surface area (Å²) < 4.78 is 0.780. The number of nitrogens with zero attached hydrogens (tertiary/aromatic N) is 1. The van der Waals surface area contributed by atoms with Crippen LogP contribution in [-0.4, -0.2) is 16.9 Å². The molecule has 0 bridgehead atoms. The van der Waals surface area contributed by atoms with Crippen molar-refractivity contribution in [3.63, 3.8) is 0 Å². The summed E-state index contributed by atoms with van der Waals surface area (Å²) in [6.45, 7) is 6.00. The minimum Gasteiger partial charge on any atom is -0.323 e. The van der Waals surface area contributed by atoms with Gasteiger partial charge in [0.25, 0.3) is 0 Å². The number of nitrogens with one attached hydrogen (secondary N) is 1. The van der Waals surface area contributed by atoms with Gasteiger partial charge in [-0.05, 0) is 46.8 Å². The third kappa shape index (κ3) is 4.44. The first kappa shape index (κ1) is 14.1. The summed E-state index contributed by atoms with van der Waals surface area (Å²) in [4.78, 5) is 15.9. The van der Waals surface area contributed by atoms with Crippen molar-refractivity contribution in [2.24, 2.45) is 11.7 Å². The van der Waals surface area contributed by atoms with Crippen LogP contribution in [0, 0.1) is 12.8 Å². The molecule has 1 atom stereocenters. The van der Waals surface area contributed by atoms with Crippen LogP contribution in [0.25, 0.3) is 0 Å². The van der Waals surface area contributed by atoms with Gasteiger partial charge >= 0.3 is 0 Å². The van der Waals surface area contributed by atoms with E-state index in [1.165, 1.54) is 0 Å². The minimum absolute atomic E-state index is 0.165. The normalized spacial score (nSPS) is 12.6. The maximum absolute atomic E-state index is 11.8. The number of hydrogen-bond donors (Lipinski definition) is 2. The van der Waals surface area contributed by atoms with Gasteiger partial charge in [-0.15, -0.1) is 0 Å². The Hall–Kier alpha value is -0.940. The first-order valence-electron chi connectivity index (χ1n) is 5.58. The second-order valence-electron chi connectivity index (χ2n) is 4.56. The Morgan fingerprint density at radius 3 is 2.76 bits per heavy atom. The standard InChI is InChI=1S/C12H18BrN3O/c1-7(2)4-10(14)12(17)16-9-5-8(3)11(13)15-6-9/h5-7,10H,4,14H2,1-3H3,(H,16,17). The molecule has 3 N–H and O–H groups in total. The van der Waals surface area contributed by atoms with Crippen molar-refractivity contribution in [3.05, 3.63) is 22.4 Å². The lowest BCUT2D eigenvalue weighted by Gasteiger charge is -2.14. The maximum atomic E-state index is 11.8. The Labute approximate surface area is 110 Å². The van der Waals surface area contributed by atoms with Crippen LogP contribution >= 0.6 is 15.9 Å². The number of nitrogens with two attached hydrogens (primary N) is 1. The van der Waals surface area contributed by atoms with E-state index in [4.69, 9.17) is 5.73 Å². The number of amides is 1. The molecule has 4 nitrogen and oxygen atoms in total. The summed E-state index contributed by atoms with van der Waals surface area (Å²) in [6.07, 6.45) is 2.28. The number of hydrogen-bond acceptors (Lipinski definition) is 3. The van der Waals surface area contributed by atoms with Crippen LogP contribution in [0.3, 0.4) is 0 Å². The molecule has 17 heavy (non-hydrogen) atoms. The summed E-state index contributed by atoms with van der Waals surface area (Å²) in [5.74, 6) is 0.239. The van der Waals surface area contributed by atoms with E-state index < -0.39 is 6.04 Å². The fourth-order valence-electron chi connectivity index (χ4n) is 1.48. The van der Waals surface area contributed by atoms with Crippen LogP contribution in [-0.2, 0) is 4.79 Å². The Morgan fingerprint density at radius 2 is 2.24 bits per heavy atom. The number of pyridine rings is 1. The third-order valence-corrected chi connectivity index (χ3v) is 3.17. The number of carbonyl (C=O) groups excluding carboxylic acids is 1. The zero-order chi connectivity index (χ0) is 13.0. The monoisotopic (exact) mass is 299 g/mol. The smallest absolute Gasteiger partial charge is 0.241 e. The quantitative estimate of drug-likeness (QED) is 0.839. The fourth-order valence-corrected chi connectivity index (χ4v) is 1.69. The van der Waals surface area contributed by atoms with Gasteiger partial charge in [-0.1, -0.05) is 13.8 Å². The molecule has 1 heterocycles. The average molecular weight is 300 g/mol. The van der Waals surface area contributed by atoms with Gasteiger partial charge in [0, 0.05) is 0 Å². The van der Waals surface area contributed by atoms with Gasteiger partial charge in [0.15, 0.2) is 0 Å². The molecule has 0 saturated heterocycles. The third-order valence-electron chi connectivity index (χ3n) is 2.34. The van der Waals surface area contributed by atoms with E-state index in [9.17, 15) is 4.79 Å². The highest BCUT2D eigenvalue weighted by molar-refractivity contribution is 9.10. The summed E-state index contributed by atoms with van der Waals surface area (Å²) in [5.41, 5.74) is 7.44. The van der Waals surface area contributed by atoms with E-state index in [0.717, 1.165) is 10.2 Å². The van der Waals surface area contributed by atoms with Crippen molar-refractivity contribution >= 4 is 27.5 Å². The average Bonchev–Trinajstić information content (AvgIpc) is 2.22. The lowest BCUT2D eigenvalue weighted by Crippen LogP contribution is -2.36. The molecule has 1 amide bonds. The van der Waals surface area contributed by atoms with Gasteiger partial charge in [-0.25, -0.2) is 4.98 Å². The van der Waals surface area contributed by atoms with Crippen molar-refractivity contribution in [1.29, 1.82) is 0 Å². The van der Waals surface area contributed by atoms with Crippen LogP contribution in [0.4, 0.5) is 5.69 Å². The second-order valence-corrected chi connectivity index (χ2v) is 5.31. The van der Waals surface area contributed by atoms with Crippen LogP contribution in [0.1, 0.15) is 25.8 Å². The van der Waals surface area contributed by atoms with E-state index in [-0.39, 0.29) is 5.91 Å². The molecule has 1 aromatic heterocycles. The van der Waals surface area contributed by atoms with Crippen molar-refractivity contribution in [1.82, 2.24) is 4.98 Å². The molecule has 0 fully saturated rings. The van der Waals surface area contributed by atoms with E-state index >= 15 is 0 Å². The highest BCUT2D eigenvalue weighted by Gasteiger charge is 2.15. The predicted octanol–water partition coefficient (Wildman–Crippen LogP) is 2.46. The predicted molar refractivity (Wildman–Crippen MR) is 72.7 cm³/mol. The molecule has 0 spiro atoms. The lowest BCUT2D eigenvalue weighted by molar-refractivity contribution is -0.117. The van der Waals surface area contributed by atoms with Crippen molar-refractivity contribution in [3.8, 4) is 0 Å². The lowest BCUT2D eigenvalue weighted by atomic mass is 10.0. The number of aryl methyl sites for hydroxylation is 1. The highest BCUT2D eigenvalue weighted by Crippen LogP contribution is 2.17. The molecule has 0 aliphatic heterocycles. The summed E-state index contributed by atoms with van der Waals surface area (Å²) >= 11 is 3.31. The molecule has 0 aromatic carbocycles. The maximum Gasteiger partial charge on any atom is 0.241 e. The van der Waals surface area contributed by atoms with Gasteiger partial charge in [0.1, 0.15) is 4.60 Å². The molecule has 94 valence electrons. The van der Waals surface area contributed by atoms with Crippen LogP contribution in [0.5, 0.6) is 0 Å². The first-order valence-corrected chi connectivity index (χ1v) is 6.38. The van der Waals surface area contributed by atoms with Gasteiger partial charge in [0.05, 0.1) is 17.9 Å². The van der Waals surface area contributed by atoms with Crippen molar-refractivity contribution in [2.45, 2.75) is 33.2 Å². The Morgan fingerprint density at radius 1 is 1.59 bits per heavy atom. The van der Waals surface area contributed by atoms with Crippen LogP contribution in [0.15, 0.2) is 16.9 Å². The molecule has 0 radical (unpaired) electrons. The van der Waals surface area contributed by atoms with Gasteiger partial charge in [-0.2, -0.15) is 0 Å². The zero-order valence-corrected chi connectivity index (χ0v) is 11.9. The van der Waals surface area contributed by atoms with E-state index in [1.54, 1.807) is 6.20 Å². The van der Waals surface area contributed by atoms with E-state index in [1.807, 2.05) is 26.8 Å². The largest absolute Gasteiger partial charge is 0.323 e.